The third-order valence-corrected chi connectivity index (χ3v) is 4.62. The van der Waals surface area contributed by atoms with Crippen LogP contribution in [0.5, 0.6) is 0 Å². The normalized spacial score (nSPS) is 26.9. The van der Waals surface area contributed by atoms with Gasteiger partial charge in [-0.05, 0) is 30.4 Å². The van der Waals surface area contributed by atoms with E-state index in [2.05, 4.69) is 5.32 Å². The third kappa shape index (κ3) is 2.75. The van der Waals surface area contributed by atoms with Crippen LogP contribution in [0.2, 0.25) is 0 Å². The Hall–Kier alpha value is -1.51. The lowest BCUT2D eigenvalue weighted by molar-refractivity contribution is 0.0947. The Balaban J connectivity index is 1.56. The van der Waals surface area contributed by atoms with E-state index in [4.69, 9.17) is 5.73 Å². The molecule has 3 rings (SSSR count). The molecule has 1 aromatic carbocycles. The predicted molar refractivity (Wildman–Crippen MR) is 76.8 cm³/mol. The van der Waals surface area contributed by atoms with Crippen LogP contribution >= 0.6 is 0 Å². The van der Waals surface area contributed by atoms with Crippen molar-refractivity contribution in [2.45, 2.75) is 44.6 Å². The van der Waals surface area contributed by atoms with Gasteiger partial charge in [-0.1, -0.05) is 44.2 Å². The topological polar surface area (TPSA) is 55.1 Å². The number of anilines is 1. The highest BCUT2D eigenvalue weighted by molar-refractivity contribution is 5.99. The van der Waals surface area contributed by atoms with Gasteiger partial charge in [0.1, 0.15) is 0 Å². The average molecular weight is 258 g/mol. The van der Waals surface area contributed by atoms with Gasteiger partial charge in [0, 0.05) is 11.7 Å². The van der Waals surface area contributed by atoms with E-state index in [1.807, 2.05) is 12.1 Å². The molecule has 0 radical (unpaired) electrons. The second kappa shape index (κ2) is 5.24. The molecule has 2 aliphatic carbocycles. The molecule has 3 nitrogen and oxygen atoms in total. The molecular weight excluding hydrogens is 236 g/mol. The summed E-state index contributed by atoms with van der Waals surface area (Å²) in [7, 11) is 0. The molecule has 0 aromatic heterocycles. The number of nitrogens with two attached hydrogens (primary N) is 1. The van der Waals surface area contributed by atoms with Crippen molar-refractivity contribution >= 4 is 11.6 Å². The van der Waals surface area contributed by atoms with Crippen molar-refractivity contribution in [2.24, 2.45) is 11.8 Å². The zero-order chi connectivity index (χ0) is 13.2. The Morgan fingerprint density at radius 3 is 2.63 bits per heavy atom. The Morgan fingerprint density at radius 1 is 1.16 bits per heavy atom. The van der Waals surface area contributed by atoms with Crippen LogP contribution in [0.1, 0.15) is 48.9 Å². The summed E-state index contributed by atoms with van der Waals surface area (Å²) in [6.07, 6.45) is 7.99. The van der Waals surface area contributed by atoms with Gasteiger partial charge < -0.3 is 11.1 Å². The number of hydrogen-bond acceptors (Lipinski definition) is 2. The van der Waals surface area contributed by atoms with E-state index in [0.29, 0.717) is 23.2 Å². The highest BCUT2D eigenvalue weighted by Crippen LogP contribution is 2.44. The van der Waals surface area contributed by atoms with Crippen LogP contribution in [-0.2, 0) is 0 Å². The predicted octanol–water partition coefficient (Wildman–Crippen LogP) is 2.97. The Labute approximate surface area is 114 Å². The van der Waals surface area contributed by atoms with Gasteiger partial charge >= 0.3 is 0 Å². The second-order valence-electron chi connectivity index (χ2n) is 5.96. The molecule has 3 heteroatoms. The Morgan fingerprint density at radius 2 is 1.89 bits per heavy atom. The van der Waals surface area contributed by atoms with Crippen LogP contribution in [0.3, 0.4) is 0 Å². The molecule has 0 spiro atoms. The number of hydrogen-bond donors (Lipinski definition) is 2. The van der Waals surface area contributed by atoms with Crippen molar-refractivity contribution in [3.05, 3.63) is 29.8 Å². The Bertz CT molecular complexity index is 466. The molecule has 2 saturated carbocycles. The lowest BCUT2D eigenvalue weighted by Gasteiger charge is -2.21. The largest absolute Gasteiger partial charge is 0.398 e. The van der Waals surface area contributed by atoms with Crippen molar-refractivity contribution in [1.29, 1.82) is 0 Å². The van der Waals surface area contributed by atoms with Gasteiger partial charge in [-0.15, -0.1) is 0 Å². The van der Waals surface area contributed by atoms with E-state index in [9.17, 15) is 4.79 Å². The van der Waals surface area contributed by atoms with Crippen LogP contribution in [0.15, 0.2) is 24.3 Å². The summed E-state index contributed by atoms with van der Waals surface area (Å²) in [6, 6.07) is 7.67. The van der Waals surface area contributed by atoms with Gasteiger partial charge in [0.2, 0.25) is 0 Å². The highest BCUT2D eigenvalue weighted by Gasteiger charge is 2.43. The molecule has 2 aliphatic rings. The fourth-order valence-electron chi connectivity index (χ4n) is 3.41. The lowest BCUT2D eigenvalue weighted by Crippen LogP contribution is -2.29. The first-order chi connectivity index (χ1) is 9.25. The van der Waals surface area contributed by atoms with Gasteiger partial charge in [0.15, 0.2) is 0 Å². The Kier molecular flexibility index (Phi) is 3.45. The standard InChI is InChI=1S/C16H22N2O/c17-14-9-5-4-8-12(14)16(19)18-15-10-13(15)11-6-2-1-3-7-11/h4-5,8-9,11,13,15H,1-3,6-7,10,17H2,(H,18,19). The minimum atomic E-state index is -0.0126. The van der Waals surface area contributed by atoms with Crippen molar-refractivity contribution in [3.8, 4) is 0 Å². The van der Waals surface area contributed by atoms with Crippen molar-refractivity contribution in [3.63, 3.8) is 0 Å². The average Bonchev–Trinajstić information content (AvgIpc) is 3.19. The summed E-state index contributed by atoms with van der Waals surface area (Å²) in [5.74, 6) is 1.54. The number of carbonyl (C=O) groups excluding carboxylic acids is 1. The first-order valence-corrected chi connectivity index (χ1v) is 7.41. The van der Waals surface area contributed by atoms with Gasteiger partial charge in [0.25, 0.3) is 5.91 Å². The van der Waals surface area contributed by atoms with E-state index < -0.39 is 0 Å². The van der Waals surface area contributed by atoms with E-state index in [0.717, 1.165) is 12.3 Å². The summed E-state index contributed by atoms with van der Waals surface area (Å²) in [6.45, 7) is 0. The first-order valence-electron chi connectivity index (χ1n) is 7.41. The maximum Gasteiger partial charge on any atom is 0.253 e. The minimum absolute atomic E-state index is 0.0126. The second-order valence-corrected chi connectivity index (χ2v) is 5.96. The number of nitrogen functional groups attached to an aromatic ring is 1. The van der Waals surface area contributed by atoms with E-state index in [1.54, 1.807) is 12.1 Å². The summed E-state index contributed by atoms with van der Waals surface area (Å²) in [5.41, 5.74) is 7.01. The zero-order valence-corrected chi connectivity index (χ0v) is 11.3. The molecule has 0 aliphatic heterocycles. The highest BCUT2D eigenvalue weighted by atomic mass is 16.1. The van der Waals surface area contributed by atoms with Crippen molar-refractivity contribution in [1.82, 2.24) is 5.32 Å². The fraction of sp³-hybridized carbons (Fsp3) is 0.562. The van der Waals surface area contributed by atoms with E-state index in [1.165, 1.54) is 32.1 Å². The molecule has 3 N–H and O–H groups in total. The van der Waals surface area contributed by atoms with Crippen LogP contribution in [-0.4, -0.2) is 11.9 Å². The third-order valence-electron chi connectivity index (χ3n) is 4.62. The maximum atomic E-state index is 12.2. The lowest BCUT2D eigenvalue weighted by atomic mass is 9.85. The molecule has 102 valence electrons. The molecule has 2 fully saturated rings. The summed E-state index contributed by atoms with van der Waals surface area (Å²) in [5, 5.41) is 3.14. The molecule has 19 heavy (non-hydrogen) atoms. The van der Waals surface area contributed by atoms with Crippen LogP contribution in [0.4, 0.5) is 5.69 Å². The molecule has 2 atom stereocenters. The van der Waals surface area contributed by atoms with Crippen LogP contribution in [0.25, 0.3) is 0 Å². The SMILES string of the molecule is Nc1ccccc1C(=O)NC1CC1C1CCCCC1. The summed E-state index contributed by atoms with van der Waals surface area (Å²) in [4.78, 5) is 12.2. The summed E-state index contributed by atoms with van der Waals surface area (Å²) >= 11 is 0. The van der Waals surface area contributed by atoms with E-state index in [-0.39, 0.29) is 5.91 Å². The molecule has 0 saturated heterocycles. The van der Waals surface area contributed by atoms with Gasteiger partial charge in [-0.25, -0.2) is 0 Å². The number of benzene rings is 1. The molecule has 1 amide bonds. The van der Waals surface area contributed by atoms with Crippen molar-refractivity contribution in [2.75, 3.05) is 5.73 Å². The quantitative estimate of drug-likeness (QED) is 0.819. The minimum Gasteiger partial charge on any atom is -0.398 e. The molecule has 0 heterocycles. The fourth-order valence-corrected chi connectivity index (χ4v) is 3.41. The molecule has 1 aromatic rings. The number of nitrogens with one attached hydrogen (secondary N) is 1. The smallest absolute Gasteiger partial charge is 0.253 e. The summed E-state index contributed by atoms with van der Waals surface area (Å²) < 4.78 is 0. The van der Waals surface area contributed by atoms with Gasteiger partial charge in [0.05, 0.1) is 5.56 Å². The number of rotatable bonds is 3. The van der Waals surface area contributed by atoms with Gasteiger partial charge in [-0.2, -0.15) is 0 Å². The maximum absolute atomic E-state index is 12.2. The van der Waals surface area contributed by atoms with E-state index >= 15 is 0 Å². The number of amides is 1. The molecule has 2 unspecified atom stereocenters. The monoisotopic (exact) mass is 258 g/mol. The number of para-hydroxylation sites is 1. The van der Waals surface area contributed by atoms with Crippen LogP contribution in [0, 0.1) is 11.8 Å². The number of carbonyl (C=O) groups is 1. The zero-order valence-electron chi connectivity index (χ0n) is 11.3. The van der Waals surface area contributed by atoms with Gasteiger partial charge in [-0.3, -0.25) is 4.79 Å². The molecule has 0 bridgehead atoms. The molecular formula is C16H22N2O. The first kappa shape index (κ1) is 12.5. The van der Waals surface area contributed by atoms with Crippen LogP contribution < -0.4 is 11.1 Å². The van der Waals surface area contributed by atoms with Crippen molar-refractivity contribution < 1.29 is 4.79 Å².